The van der Waals surface area contributed by atoms with Gasteiger partial charge in [0.1, 0.15) is 0 Å². The van der Waals surface area contributed by atoms with Crippen LogP contribution in [0.2, 0.25) is 0 Å². The van der Waals surface area contributed by atoms with Crippen molar-refractivity contribution < 1.29 is 4.79 Å². The molecule has 1 heteroatoms. The zero-order valence-electron chi connectivity index (χ0n) is 9.33. The first kappa shape index (κ1) is 10.4. The highest BCUT2D eigenvalue weighted by Gasteiger charge is 2.22. The Hall–Kier alpha value is -1.11. The van der Waals surface area contributed by atoms with Gasteiger partial charge in [0, 0.05) is 12.0 Å². The molecule has 0 atom stereocenters. The lowest BCUT2D eigenvalue weighted by Crippen LogP contribution is -2.16. The summed E-state index contributed by atoms with van der Waals surface area (Å²) in [5, 5.41) is 0. The molecule has 0 heterocycles. The lowest BCUT2D eigenvalue weighted by atomic mass is 9.80. The summed E-state index contributed by atoms with van der Waals surface area (Å²) < 4.78 is 0. The van der Waals surface area contributed by atoms with Crippen LogP contribution >= 0.6 is 0 Å². The first-order valence-corrected chi connectivity index (χ1v) is 5.92. The minimum absolute atomic E-state index is 0.345. The van der Waals surface area contributed by atoms with E-state index in [1.807, 2.05) is 18.2 Å². The second-order valence-corrected chi connectivity index (χ2v) is 4.43. The fraction of sp³-hybridized carbons (Fsp3) is 0.500. The number of hydrogen-bond donors (Lipinski definition) is 0. The molecule has 0 aromatic heterocycles. The molecular weight excluding hydrogens is 184 g/mol. The SMILES string of the molecule is CCc1ccccc1C(=O)CC1CCC1. The summed E-state index contributed by atoms with van der Waals surface area (Å²) in [6.45, 7) is 2.11. The molecule has 0 radical (unpaired) electrons. The van der Waals surface area contributed by atoms with Crippen molar-refractivity contribution in [3.05, 3.63) is 35.4 Å². The minimum Gasteiger partial charge on any atom is -0.294 e. The third-order valence-corrected chi connectivity index (χ3v) is 3.40. The predicted octanol–water partition coefficient (Wildman–Crippen LogP) is 3.62. The van der Waals surface area contributed by atoms with E-state index in [-0.39, 0.29) is 0 Å². The maximum atomic E-state index is 12.0. The number of hydrogen-bond acceptors (Lipinski definition) is 1. The molecule has 80 valence electrons. The first-order valence-electron chi connectivity index (χ1n) is 5.92. The molecule has 0 aliphatic heterocycles. The molecule has 1 aromatic carbocycles. The lowest BCUT2D eigenvalue weighted by molar-refractivity contribution is 0.0935. The smallest absolute Gasteiger partial charge is 0.163 e. The summed E-state index contributed by atoms with van der Waals surface area (Å²) in [5.74, 6) is 1.01. The van der Waals surface area contributed by atoms with E-state index in [9.17, 15) is 4.79 Å². The van der Waals surface area contributed by atoms with E-state index in [2.05, 4.69) is 13.0 Å². The van der Waals surface area contributed by atoms with Crippen molar-refractivity contribution in [3.63, 3.8) is 0 Å². The van der Waals surface area contributed by atoms with Crippen LogP contribution in [0, 0.1) is 5.92 Å². The van der Waals surface area contributed by atoms with Gasteiger partial charge in [0.25, 0.3) is 0 Å². The van der Waals surface area contributed by atoms with Crippen molar-refractivity contribution in [2.45, 2.75) is 39.0 Å². The first-order chi connectivity index (χ1) is 7.31. The van der Waals surface area contributed by atoms with Gasteiger partial charge >= 0.3 is 0 Å². The van der Waals surface area contributed by atoms with E-state index >= 15 is 0 Å². The van der Waals surface area contributed by atoms with Gasteiger partial charge in [-0.2, -0.15) is 0 Å². The van der Waals surface area contributed by atoms with Gasteiger partial charge in [0.15, 0.2) is 5.78 Å². The highest BCUT2D eigenvalue weighted by Crippen LogP contribution is 2.30. The Balaban J connectivity index is 2.09. The molecule has 0 amide bonds. The van der Waals surface area contributed by atoms with Crippen molar-refractivity contribution in [2.24, 2.45) is 5.92 Å². The zero-order chi connectivity index (χ0) is 10.7. The third kappa shape index (κ3) is 2.28. The molecule has 0 saturated heterocycles. The van der Waals surface area contributed by atoms with Gasteiger partial charge in [0.05, 0.1) is 0 Å². The minimum atomic E-state index is 0.345. The second kappa shape index (κ2) is 4.61. The van der Waals surface area contributed by atoms with E-state index in [1.54, 1.807) is 0 Å². The van der Waals surface area contributed by atoms with Crippen LogP contribution in [0.5, 0.6) is 0 Å². The molecular formula is C14H18O. The van der Waals surface area contributed by atoms with Gasteiger partial charge in [-0.3, -0.25) is 4.79 Å². The van der Waals surface area contributed by atoms with Crippen LogP contribution in [0.25, 0.3) is 0 Å². The Bertz CT molecular complexity index is 350. The van der Waals surface area contributed by atoms with Crippen LogP contribution < -0.4 is 0 Å². The number of ketones is 1. The summed E-state index contributed by atoms with van der Waals surface area (Å²) in [7, 11) is 0. The van der Waals surface area contributed by atoms with E-state index in [1.165, 1.54) is 24.8 Å². The Morgan fingerprint density at radius 2 is 2.07 bits per heavy atom. The quantitative estimate of drug-likeness (QED) is 0.681. The van der Waals surface area contributed by atoms with E-state index in [0.29, 0.717) is 11.7 Å². The number of Topliss-reactive ketones (excluding diaryl/α,β-unsaturated/α-hetero) is 1. The highest BCUT2D eigenvalue weighted by molar-refractivity contribution is 5.97. The Kier molecular flexibility index (Phi) is 3.20. The van der Waals surface area contributed by atoms with E-state index in [4.69, 9.17) is 0 Å². The number of rotatable bonds is 4. The molecule has 1 fully saturated rings. The Labute approximate surface area is 91.5 Å². The zero-order valence-corrected chi connectivity index (χ0v) is 9.33. The van der Waals surface area contributed by atoms with Crippen LogP contribution in [0.3, 0.4) is 0 Å². The average molecular weight is 202 g/mol. The summed E-state index contributed by atoms with van der Waals surface area (Å²) in [6.07, 6.45) is 5.52. The molecule has 0 N–H and O–H groups in total. The van der Waals surface area contributed by atoms with Crippen LogP contribution in [-0.2, 0) is 6.42 Å². The molecule has 0 unspecified atom stereocenters. The summed E-state index contributed by atoms with van der Waals surface area (Å²) in [4.78, 5) is 12.0. The number of carbonyl (C=O) groups excluding carboxylic acids is 1. The van der Waals surface area contributed by atoms with Gasteiger partial charge in [-0.05, 0) is 17.9 Å². The van der Waals surface area contributed by atoms with Gasteiger partial charge < -0.3 is 0 Å². The third-order valence-electron chi connectivity index (χ3n) is 3.40. The largest absolute Gasteiger partial charge is 0.294 e. The molecule has 2 rings (SSSR count). The molecule has 15 heavy (non-hydrogen) atoms. The number of aryl methyl sites for hydroxylation is 1. The fourth-order valence-electron chi connectivity index (χ4n) is 2.17. The molecule has 0 bridgehead atoms. The van der Waals surface area contributed by atoms with Gasteiger partial charge in [-0.1, -0.05) is 50.5 Å². The van der Waals surface area contributed by atoms with E-state index < -0.39 is 0 Å². The molecule has 1 aromatic rings. The number of carbonyl (C=O) groups is 1. The summed E-state index contributed by atoms with van der Waals surface area (Å²) in [5.41, 5.74) is 2.15. The predicted molar refractivity (Wildman–Crippen MR) is 62.1 cm³/mol. The average Bonchev–Trinajstić information content (AvgIpc) is 2.23. The van der Waals surface area contributed by atoms with Crippen LogP contribution in [0.15, 0.2) is 24.3 Å². The van der Waals surface area contributed by atoms with E-state index in [0.717, 1.165) is 18.4 Å². The molecule has 1 saturated carbocycles. The Morgan fingerprint density at radius 3 is 2.67 bits per heavy atom. The number of benzene rings is 1. The van der Waals surface area contributed by atoms with Gasteiger partial charge in [-0.25, -0.2) is 0 Å². The second-order valence-electron chi connectivity index (χ2n) is 4.43. The van der Waals surface area contributed by atoms with Crippen molar-refractivity contribution in [2.75, 3.05) is 0 Å². The summed E-state index contributed by atoms with van der Waals surface area (Å²) >= 11 is 0. The fourth-order valence-corrected chi connectivity index (χ4v) is 2.17. The van der Waals surface area contributed by atoms with Crippen LogP contribution in [0.1, 0.15) is 48.5 Å². The summed E-state index contributed by atoms with van der Waals surface area (Å²) in [6, 6.07) is 8.01. The van der Waals surface area contributed by atoms with Crippen LogP contribution in [-0.4, -0.2) is 5.78 Å². The normalized spacial score (nSPS) is 16.1. The van der Waals surface area contributed by atoms with Gasteiger partial charge in [0.2, 0.25) is 0 Å². The van der Waals surface area contributed by atoms with Gasteiger partial charge in [-0.15, -0.1) is 0 Å². The van der Waals surface area contributed by atoms with Crippen LogP contribution in [0.4, 0.5) is 0 Å². The topological polar surface area (TPSA) is 17.1 Å². The van der Waals surface area contributed by atoms with Crippen molar-refractivity contribution in [1.82, 2.24) is 0 Å². The maximum absolute atomic E-state index is 12.0. The lowest BCUT2D eigenvalue weighted by Gasteiger charge is -2.24. The molecule has 1 aliphatic rings. The molecule has 1 nitrogen and oxygen atoms in total. The van der Waals surface area contributed by atoms with Crippen molar-refractivity contribution >= 4 is 5.78 Å². The molecule has 1 aliphatic carbocycles. The monoisotopic (exact) mass is 202 g/mol. The maximum Gasteiger partial charge on any atom is 0.163 e. The van der Waals surface area contributed by atoms with Crippen molar-refractivity contribution in [1.29, 1.82) is 0 Å². The molecule has 0 spiro atoms. The van der Waals surface area contributed by atoms with Crippen molar-refractivity contribution in [3.8, 4) is 0 Å². The highest BCUT2D eigenvalue weighted by atomic mass is 16.1. The Morgan fingerprint density at radius 1 is 1.33 bits per heavy atom. The standard InChI is InChI=1S/C14H18O/c1-2-12-8-3-4-9-13(12)14(15)10-11-6-5-7-11/h3-4,8-9,11H,2,5-7,10H2,1H3.